The van der Waals surface area contributed by atoms with Crippen LogP contribution >= 0.6 is 0 Å². The minimum absolute atomic E-state index is 0.297. The van der Waals surface area contributed by atoms with Gasteiger partial charge in [0.25, 0.3) is 0 Å². The van der Waals surface area contributed by atoms with Crippen molar-refractivity contribution in [2.75, 3.05) is 0 Å². The van der Waals surface area contributed by atoms with E-state index in [-0.39, 0.29) is 0 Å². The first-order chi connectivity index (χ1) is 27.7. The summed E-state index contributed by atoms with van der Waals surface area (Å²) in [4.78, 5) is 4.47. The number of allylic oxidation sites excluding steroid dienone is 8. The van der Waals surface area contributed by atoms with Crippen molar-refractivity contribution in [2.45, 2.75) is 81.1 Å². The maximum Gasteiger partial charge on any atom is 0.0629 e. The van der Waals surface area contributed by atoms with E-state index in [9.17, 15) is 0 Å². The summed E-state index contributed by atoms with van der Waals surface area (Å²) in [6.07, 6.45) is 15.0. The summed E-state index contributed by atoms with van der Waals surface area (Å²) < 4.78 is 0. The Bertz CT molecular complexity index is 1990. The SMILES string of the molecule is C/C=C\C.C=C(C)C1=CC(c2cccc(-c3cc(-c4ccccc4)cc(-c4ccccc4)c3)c2)CCC=C1.C=CC(C)C(C)=NC(=C)c1ccccc1.CC.CC. The third-order valence-electron chi connectivity index (χ3n) is 9.37. The van der Waals surface area contributed by atoms with Crippen LogP contribution in [-0.2, 0) is 0 Å². The van der Waals surface area contributed by atoms with Gasteiger partial charge in [-0.1, -0.05) is 205 Å². The Morgan fingerprint density at radius 1 is 0.632 bits per heavy atom. The van der Waals surface area contributed by atoms with Gasteiger partial charge < -0.3 is 0 Å². The van der Waals surface area contributed by atoms with Crippen molar-refractivity contribution in [3.8, 4) is 33.4 Å². The van der Waals surface area contributed by atoms with Gasteiger partial charge in [0.1, 0.15) is 0 Å². The number of nitrogens with zero attached hydrogens (tertiary/aromatic N) is 1. The molecule has 5 aromatic carbocycles. The summed E-state index contributed by atoms with van der Waals surface area (Å²) in [6, 6.07) is 47.3. The van der Waals surface area contributed by atoms with Crippen LogP contribution in [0.4, 0.5) is 0 Å². The van der Waals surface area contributed by atoms with Gasteiger partial charge in [0.15, 0.2) is 0 Å². The molecule has 1 aliphatic rings. The molecule has 0 amide bonds. The molecule has 0 spiro atoms. The Labute approximate surface area is 347 Å². The molecule has 6 rings (SSSR count). The molecule has 0 fully saturated rings. The van der Waals surface area contributed by atoms with Crippen LogP contribution in [0.25, 0.3) is 39.1 Å². The molecule has 0 radical (unpaired) electrons. The molecule has 5 aromatic rings. The molecule has 0 bridgehead atoms. The second-order valence-electron chi connectivity index (χ2n) is 13.4. The highest BCUT2D eigenvalue weighted by molar-refractivity contribution is 5.90. The van der Waals surface area contributed by atoms with Crippen LogP contribution in [0.2, 0.25) is 0 Å². The van der Waals surface area contributed by atoms with E-state index in [1.165, 1.54) is 44.5 Å². The van der Waals surface area contributed by atoms with E-state index in [1.807, 2.05) is 97.0 Å². The van der Waals surface area contributed by atoms with Crippen molar-refractivity contribution in [3.05, 3.63) is 212 Å². The molecule has 0 N–H and O–H groups in total. The van der Waals surface area contributed by atoms with Crippen LogP contribution in [0.3, 0.4) is 0 Å². The Hall–Kier alpha value is -5.79. The van der Waals surface area contributed by atoms with Crippen LogP contribution in [-0.4, -0.2) is 5.71 Å². The van der Waals surface area contributed by atoms with Gasteiger partial charge in [-0.15, -0.1) is 6.58 Å². The van der Waals surface area contributed by atoms with Gasteiger partial charge in [-0.2, -0.15) is 0 Å². The summed E-state index contributed by atoms with van der Waals surface area (Å²) in [5.74, 6) is 0.693. The molecule has 2 atom stereocenters. The fraction of sp³-hybridized carbons (Fsp3) is 0.232. The van der Waals surface area contributed by atoms with E-state index in [2.05, 4.69) is 160 Å². The number of hydrogen-bond acceptors (Lipinski definition) is 1. The fourth-order valence-corrected chi connectivity index (χ4v) is 5.91. The summed E-state index contributed by atoms with van der Waals surface area (Å²) in [7, 11) is 0. The third-order valence-corrected chi connectivity index (χ3v) is 9.37. The molecular formula is C56H67N. The lowest BCUT2D eigenvalue weighted by Gasteiger charge is -2.16. The van der Waals surface area contributed by atoms with Crippen LogP contribution < -0.4 is 0 Å². The molecule has 0 aromatic heterocycles. The zero-order valence-corrected chi connectivity index (χ0v) is 36.3. The Balaban J connectivity index is 0.000000406. The molecular weight excluding hydrogens is 687 g/mol. The second kappa shape index (κ2) is 26.9. The molecule has 1 nitrogen and oxygen atoms in total. The number of rotatable bonds is 9. The maximum atomic E-state index is 4.47. The van der Waals surface area contributed by atoms with Gasteiger partial charge in [0.2, 0.25) is 0 Å². The lowest BCUT2D eigenvalue weighted by Crippen LogP contribution is -2.03. The van der Waals surface area contributed by atoms with E-state index < -0.39 is 0 Å². The zero-order valence-electron chi connectivity index (χ0n) is 36.3. The topological polar surface area (TPSA) is 12.4 Å². The highest BCUT2D eigenvalue weighted by atomic mass is 14.8. The first kappa shape index (κ1) is 47.4. The van der Waals surface area contributed by atoms with Gasteiger partial charge in [-0.05, 0) is 109 Å². The largest absolute Gasteiger partial charge is 0.258 e. The Morgan fingerprint density at radius 3 is 1.58 bits per heavy atom. The normalized spacial score (nSPS) is 13.6. The summed E-state index contributed by atoms with van der Waals surface area (Å²) in [5.41, 5.74) is 14.1. The Kier molecular flexibility index (Phi) is 22.4. The van der Waals surface area contributed by atoms with E-state index in [0.29, 0.717) is 11.8 Å². The molecule has 0 heterocycles. The monoisotopic (exact) mass is 754 g/mol. The lowest BCUT2D eigenvalue weighted by atomic mass is 9.89. The molecule has 2 unspecified atom stereocenters. The predicted octanol–water partition coefficient (Wildman–Crippen LogP) is 17.2. The van der Waals surface area contributed by atoms with Gasteiger partial charge in [-0.3, -0.25) is 4.99 Å². The molecule has 57 heavy (non-hydrogen) atoms. The standard InChI is InChI=1S/C34H30.C14H17N.C4H8.2C2H6/c1-25(2)28-16-9-10-17-29(20-28)30-18-11-19-31(21-30)34-23-32(26-12-5-3-6-13-26)22-33(24-34)27-14-7-4-8-15-27;1-5-11(2)12(3)15-13(4)14-9-7-6-8-10-14;1-3-4-2;2*1-2/h3-9,11-16,18-24,29H,1,10,17H2,2H3;5-11H,1,4H2,2-3H3;3-4H,1-2H3;2*1-2H3/b;;4-3-;;. The van der Waals surface area contributed by atoms with Gasteiger partial charge in [0, 0.05) is 17.5 Å². The minimum Gasteiger partial charge on any atom is -0.258 e. The van der Waals surface area contributed by atoms with Gasteiger partial charge in [0.05, 0.1) is 5.70 Å². The first-order valence-electron chi connectivity index (χ1n) is 20.6. The fourth-order valence-electron chi connectivity index (χ4n) is 5.91. The quantitative estimate of drug-likeness (QED) is 0.105. The van der Waals surface area contributed by atoms with E-state index in [0.717, 1.165) is 35.4 Å². The number of aliphatic imine (C=N–C) groups is 1. The molecule has 1 aliphatic carbocycles. The highest BCUT2D eigenvalue weighted by Crippen LogP contribution is 2.35. The van der Waals surface area contributed by atoms with Crippen LogP contribution in [0, 0.1) is 5.92 Å². The van der Waals surface area contributed by atoms with Crippen molar-refractivity contribution >= 4 is 11.4 Å². The minimum atomic E-state index is 0.297. The van der Waals surface area contributed by atoms with Gasteiger partial charge in [-0.25, -0.2) is 0 Å². The number of hydrogen-bond donors (Lipinski definition) is 0. The molecule has 296 valence electrons. The predicted molar refractivity (Wildman–Crippen MR) is 258 cm³/mol. The average Bonchev–Trinajstić information content (AvgIpc) is 3.56. The molecule has 0 aliphatic heterocycles. The van der Waals surface area contributed by atoms with Crippen molar-refractivity contribution in [1.29, 1.82) is 0 Å². The van der Waals surface area contributed by atoms with Crippen molar-refractivity contribution < 1.29 is 0 Å². The van der Waals surface area contributed by atoms with Crippen molar-refractivity contribution in [3.63, 3.8) is 0 Å². The zero-order chi connectivity index (χ0) is 42.0. The molecule has 0 saturated carbocycles. The average molecular weight is 754 g/mol. The van der Waals surface area contributed by atoms with Crippen LogP contribution in [0.5, 0.6) is 0 Å². The summed E-state index contributed by atoms with van der Waals surface area (Å²) in [6.45, 7) is 30.0. The number of benzene rings is 5. The van der Waals surface area contributed by atoms with Gasteiger partial charge >= 0.3 is 0 Å². The van der Waals surface area contributed by atoms with Crippen LogP contribution in [0.1, 0.15) is 92.2 Å². The smallest absolute Gasteiger partial charge is 0.0629 e. The molecule has 1 heteroatoms. The van der Waals surface area contributed by atoms with Crippen molar-refractivity contribution in [2.24, 2.45) is 10.9 Å². The van der Waals surface area contributed by atoms with Crippen LogP contribution in [0.15, 0.2) is 206 Å². The third kappa shape index (κ3) is 15.7. The summed E-state index contributed by atoms with van der Waals surface area (Å²) >= 11 is 0. The lowest BCUT2D eigenvalue weighted by molar-refractivity contribution is 0.755. The molecule has 0 saturated heterocycles. The Morgan fingerprint density at radius 2 is 1.11 bits per heavy atom. The maximum absolute atomic E-state index is 4.47. The first-order valence-corrected chi connectivity index (χ1v) is 20.6. The van der Waals surface area contributed by atoms with Crippen molar-refractivity contribution in [1.82, 2.24) is 0 Å². The van der Waals surface area contributed by atoms with E-state index in [4.69, 9.17) is 0 Å². The summed E-state index contributed by atoms with van der Waals surface area (Å²) in [5, 5.41) is 0. The second-order valence-corrected chi connectivity index (χ2v) is 13.4. The highest BCUT2D eigenvalue weighted by Gasteiger charge is 2.14. The van der Waals surface area contributed by atoms with E-state index in [1.54, 1.807) is 0 Å². The van der Waals surface area contributed by atoms with E-state index >= 15 is 0 Å².